The smallest absolute Gasteiger partial charge is 0.234 e. The molecule has 0 spiro atoms. The molecule has 0 aromatic heterocycles. The van der Waals surface area contributed by atoms with Crippen molar-refractivity contribution >= 4 is 5.91 Å². The first-order valence-corrected chi connectivity index (χ1v) is 10.2. The van der Waals surface area contributed by atoms with Gasteiger partial charge in [0.15, 0.2) is 0 Å². The summed E-state index contributed by atoms with van der Waals surface area (Å²) in [5, 5.41) is 3.32. The highest BCUT2D eigenvalue weighted by Gasteiger charge is 2.29. The Morgan fingerprint density at radius 1 is 1.08 bits per heavy atom. The molecular weight excluding hydrogens is 308 g/mol. The predicted molar refractivity (Wildman–Crippen MR) is 103 cm³/mol. The van der Waals surface area contributed by atoms with Gasteiger partial charge in [-0.1, -0.05) is 57.0 Å². The third-order valence-electron chi connectivity index (χ3n) is 6.49. The Hall–Kier alpha value is -1.35. The highest BCUT2D eigenvalue weighted by atomic mass is 16.2. The molecule has 1 saturated carbocycles. The Morgan fingerprint density at radius 3 is 2.52 bits per heavy atom. The molecule has 138 valence electrons. The molecule has 1 saturated heterocycles. The van der Waals surface area contributed by atoms with Gasteiger partial charge in [0, 0.05) is 6.04 Å². The Kier molecular flexibility index (Phi) is 6.52. The van der Waals surface area contributed by atoms with Crippen LogP contribution >= 0.6 is 0 Å². The molecule has 0 radical (unpaired) electrons. The van der Waals surface area contributed by atoms with Gasteiger partial charge in [0.05, 0.1) is 6.54 Å². The molecule has 0 unspecified atom stereocenters. The number of carbonyl (C=O) groups excluding carboxylic acids is 1. The molecular formula is C22H34N2O. The van der Waals surface area contributed by atoms with Gasteiger partial charge in [0.2, 0.25) is 5.91 Å². The van der Waals surface area contributed by atoms with Gasteiger partial charge in [-0.3, -0.25) is 9.69 Å². The minimum atomic E-state index is 0.229. The first-order valence-electron chi connectivity index (χ1n) is 10.2. The van der Waals surface area contributed by atoms with Gasteiger partial charge in [0.25, 0.3) is 0 Å². The van der Waals surface area contributed by atoms with Crippen LogP contribution in [0.1, 0.15) is 51.5 Å². The van der Waals surface area contributed by atoms with Crippen LogP contribution in [0.15, 0.2) is 30.3 Å². The monoisotopic (exact) mass is 342 g/mol. The summed E-state index contributed by atoms with van der Waals surface area (Å²) in [5.74, 6) is 2.33. The van der Waals surface area contributed by atoms with E-state index in [0.29, 0.717) is 18.5 Å². The number of benzene rings is 1. The van der Waals surface area contributed by atoms with Gasteiger partial charge in [-0.15, -0.1) is 0 Å². The Morgan fingerprint density at radius 2 is 1.80 bits per heavy atom. The van der Waals surface area contributed by atoms with Crippen molar-refractivity contribution in [3.05, 3.63) is 35.9 Å². The molecule has 1 aromatic rings. The lowest BCUT2D eigenvalue weighted by molar-refractivity contribution is -0.124. The van der Waals surface area contributed by atoms with Crippen LogP contribution in [0.3, 0.4) is 0 Å². The van der Waals surface area contributed by atoms with Crippen LogP contribution in [0.4, 0.5) is 0 Å². The van der Waals surface area contributed by atoms with Gasteiger partial charge < -0.3 is 5.32 Å². The van der Waals surface area contributed by atoms with E-state index in [1.807, 2.05) is 0 Å². The largest absolute Gasteiger partial charge is 0.352 e. The number of carbonyl (C=O) groups is 1. The SMILES string of the molecule is C[C@H]1[C@H](C)CCC[C@H]1NC(=O)CN1CCC(Cc2ccccc2)CC1. The average Bonchev–Trinajstić information content (AvgIpc) is 2.62. The lowest BCUT2D eigenvalue weighted by Gasteiger charge is -2.36. The topological polar surface area (TPSA) is 32.3 Å². The molecule has 1 N–H and O–H groups in total. The summed E-state index contributed by atoms with van der Waals surface area (Å²) in [6.45, 7) is 7.31. The molecule has 1 aliphatic carbocycles. The number of hydrogen-bond donors (Lipinski definition) is 1. The number of piperidine rings is 1. The number of amides is 1. The molecule has 1 aliphatic heterocycles. The maximum absolute atomic E-state index is 12.5. The number of nitrogens with one attached hydrogen (secondary N) is 1. The fourth-order valence-corrected chi connectivity index (χ4v) is 4.54. The third-order valence-corrected chi connectivity index (χ3v) is 6.49. The van der Waals surface area contributed by atoms with E-state index in [4.69, 9.17) is 0 Å². The maximum atomic E-state index is 12.5. The molecule has 3 atom stereocenters. The van der Waals surface area contributed by atoms with E-state index in [0.717, 1.165) is 31.3 Å². The van der Waals surface area contributed by atoms with Crippen molar-refractivity contribution in [2.75, 3.05) is 19.6 Å². The molecule has 2 fully saturated rings. The zero-order valence-corrected chi connectivity index (χ0v) is 15.9. The Labute approximate surface area is 153 Å². The van der Waals surface area contributed by atoms with Gasteiger partial charge in [-0.2, -0.15) is 0 Å². The molecule has 25 heavy (non-hydrogen) atoms. The molecule has 3 rings (SSSR count). The van der Waals surface area contributed by atoms with Gasteiger partial charge >= 0.3 is 0 Å². The van der Waals surface area contributed by atoms with Crippen molar-refractivity contribution in [3.8, 4) is 0 Å². The second-order valence-corrected chi connectivity index (χ2v) is 8.35. The van der Waals surface area contributed by atoms with Crippen LogP contribution in [-0.2, 0) is 11.2 Å². The highest BCUT2D eigenvalue weighted by molar-refractivity contribution is 5.78. The maximum Gasteiger partial charge on any atom is 0.234 e. The zero-order valence-electron chi connectivity index (χ0n) is 15.9. The highest BCUT2D eigenvalue weighted by Crippen LogP contribution is 2.29. The second-order valence-electron chi connectivity index (χ2n) is 8.35. The summed E-state index contributed by atoms with van der Waals surface area (Å²) < 4.78 is 0. The third kappa shape index (κ3) is 5.31. The number of likely N-dealkylation sites (tertiary alicyclic amines) is 1. The van der Waals surface area contributed by atoms with Crippen LogP contribution < -0.4 is 5.32 Å². The lowest BCUT2D eigenvalue weighted by Crippen LogP contribution is -2.48. The van der Waals surface area contributed by atoms with E-state index in [2.05, 4.69) is 54.4 Å². The van der Waals surface area contributed by atoms with Gasteiger partial charge in [-0.25, -0.2) is 0 Å². The lowest BCUT2D eigenvalue weighted by atomic mass is 9.78. The predicted octanol–water partition coefficient (Wildman–Crippen LogP) is 3.88. The summed E-state index contributed by atoms with van der Waals surface area (Å²) in [7, 11) is 0. The second kappa shape index (κ2) is 8.84. The van der Waals surface area contributed by atoms with E-state index in [-0.39, 0.29) is 5.91 Å². The summed E-state index contributed by atoms with van der Waals surface area (Å²) in [6, 6.07) is 11.2. The van der Waals surface area contributed by atoms with Crippen molar-refractivity contribution in [2.24, 2.45) is 17.8 Å². The Bertz CT molecular complexity index is 536. The van der Waals surface area contributed by atoms with E-state index in [1.54, 1.807) is 0 Å². The van der Waals surface area contributed by atoms with E-state index in [9.17, 15) is 4.79 Å². The quantitative estimate of drug-likeness (QED) is 0.881. The molecule has 3 heteroatoms. The number of hydrogen-bond acceptors (Lipinski definition) is 2. The molecule has 3 nitrogen and oxygen atoms in total. The number of rotatable bonds is 5. The first kappa shape index (κ1) is 18.4. The standard InChI is InChI=1S/C22H34N2O/c1-17-7-6-10-21(18(17)2)23-22(25)16-24-13-11-20(12-14-24)15-19-8-4-3-5-9-19/h3-5,8-9,17-18,20-21H,6-7,10-16H2,1-2H3,(H,23,25)/t17-,18+,21-/m1/s1. The van der Waals surface area contributed by atoms with Crippen molar-refractivity contribution in [1.82, 2.24) is 10.2 Å². The van der Waals surface area contributed by atoms with E-state index in [1.165, 1.54) is 37.7 Å². The van der Waals surface area contributed by atoms with Crippen molar-refractivity contribution < 1.29 is 4.79 Å². The fraction of sp³-hybridized carbons (Fsp3) is 0.682. The van der Waals surface area contributed by atoms with E-state index >= 15 is 0 Å². The molecule has 2 aliphatic rings. The van der Waals surface area contributed by atoms with Gasteiger partial charge in [-0.05, 0) is 62.1 Å². The molecule has 1 amide bonds. The van der Waals surface area contributed by atoms with Crippen LogP contribution in [0.25, 0.3) is 0 Å². The summed E-state index contributed by atoms with van der Waals surface area (Å²) >= 11 is 0. The normalized spacial score (nSPS) is 28.6. The molecule has 0 bridgehead atoms. The summed E-state index contributed by atoms with van der Waals surface area (Å²) in [6.07, 6.45) is 7.30. The summed E-state index contributed by atoms with van der Waals surface area (Å²) in [4.78, 5) is 14.8. The first-order chi connectivity index (χ1) is 12.1. The van der Waals surface area contributed by atoms with Crippen molar-refractivity contribution in [3.63, 3.8) is 0 Å². The average molecular weight is 343 g/mol. The Balaban J connectivity index is 1.39. The minimum Gasteiger partial charge on any atom is -0.352 e. The van der Waals surface area contributed by atoms with Gasteiger partial charge in [0.1, 0.15) is 0 Å². The molecule has 1 aromatic carbocycles. The molecule has 1 heterocycles. The zero-order chi connectivity index (χ0) is 17.6. The van der Waals surface area contributed by atoms with Crippen LogP contribution in [0, 0.1) is 17.8 Å². The van der Waals surface area contributed by atoms with Crippen LogP contribution in [0.5, 0.6) is 0 Å². The number of nitrogens with zero attached hydrogens (tertiary/aromatic N) is 1. The van der Waals surface area contributed by atoms with Crippen LogP contribution in [0.2, 0.25) is 0 Å². The van der Waals surface area contributed by atoms with Crippen molar-refractivity contribution in [2.45, 2.75) is 58.4 Å². The van der Waals surface area contributed by atoms with E-state index < -0.39 is 0 Å². The summed E-state index contributed by atoms with van der Waals surface area (Å²) in [5.41, 5.74) is 1.44. The minimum absolute atomic E-state index is 0.229. The fourth-order valence-electron chi connectivity index (χ4n) is 4.54. The van der Waals surface area contributed by atoms with Crippen LogP contribution in [-0.4, -0.2) is 36.5 Å². The van der Waals surface area contributed by atoms with Crippen molar-refractivity contribution in [1.29, 1.82) is 0 Å².